The fraction of sp³-hybridized carbons (Fsp3) is 0.333. The van der Waals surface area contributed by atoms with Crippen LogP contribution >= 0.6 is 15.9 Å². The van der Waals surface area contributed by atoms with Crippen LogP contribution in [0, 0.1) is 0 Å². The second-order valence-electron chi connectivity index (χ2n) is 3.04. The van der Waals surface area contributed by atoms with Gasteiger partial charge in [0.25, 0.3) is 0 Å². The van der Waals surface area contributed by atoms with Gasteiger partial charge in [0.2, 0.25) is 5.88 Å². The number of halogens is 1. The highest BCUT2D eigenvalue weighted by Gasteiger charge is 2.20. The number of aromatic nitrogens is 1. The third kappa shape index (κ3) is 1.93. The van der Waals surface area contributed by atoms with Gasteiger partial charge in [-0.2, -0.15) is 0 Å². The van der Waals surface area contributed by atoms with E-state index in [1.807, 2.05) is 0 Å². The van der Waals surface area contributed by atoms with Crippen molar-refractivity contribution in [1.29, 1.82) is 0 Å². The minimum atomic E-state index is 0.167. The predicted octanol–water partition coefficient (Wildman–Crippen LogP) is 1.01. The molecule has 0 amide bonds. The van der Waals surface area contributed by atoms with Crippen molar-refractivity contribution in [3.05, 3.63) is 22.3 Å². The van der Waals surface area contributed by atoms with Gasteiger partial charge in [0.15, 0.2) is 6.29 Å². The average Bonchev–Trinajstić information content (AvgIpc) is 2.14. The van der Waals surface area contributed by atoms with Gasteiger partial charge < -0.3 is 10.1 Å². The maximum Gasteiger partial charge on any atom is 0.229 e. The van der Waals surface area contributed by atoms with Gasteiger partial charge in [0.05, 0.1) is 4.47 Å². The van der Waals surface area contributed by atoms with Gasteiger partial charge in [-0.25, -0.2) is 4.98 Å². The lowest BCUT2D eigenvalue weighted by Crippen LogP contribution is -2.50. The van der Waals surface area contributed by atoms with E-state index in [-0.39, 0.29) is 6.10 Å². The number of carbonyl (C=O) groups is 1. The van der Waals surface area contributed by atoms with Crippen molar-refractivity contribution >= 4 is 22.2 Å². The van der Waals surface area contributed by atoms with Gasteiger partial charge in [-0.1, -0.05) is 0 Å². The Hall–Kier alpha value is -0.940. The van der Waals surface area contributed by atoms with Gasteiger partial charge >= 0.3 is 0 Å². The van der Waals surface area contributed by atoms with E-state index in [9.17, 15) is 4.79 Å². The number of nitrogens with one attached hydrogen (secondary N) is 1. The Bertz CT molecular complexity index is 353. The van der Waals surface area contributed by atoms with E-state index in [0.717, 1.165) is 17.6 Å². The highest BCUT2D eigenvalue weighted by molar-refractivity contribution is 9.10. The van der Waals surface area contributed by atoms with Crippen molar-refractivity contribution in [2.75, 3.05) is 13.1 Å². The van der Waals surface area contributed by atoms with Crippen LogP contribution in [0.1, 0.15) is 10.5 Å². The molecule has 0 bridgehead atoms. The highest BCUT2D eigenvalue weighted by Crippen LogP contribution is 2.23. The van der Waals surface area contributed by atoms with Crippen LogP contribution in [-0.4, -0.2) is 30.5 Å². The first kappa shape index (κ1) is 9.61. The van der Waals surface area contributed by atoms with Crippen LogP contribution in [0.2, 0.25) is 0 Å². The number of hydrogen-bond acceptors (Lipinski definition) is 4. The zero-order valence-electron chi connectivity index (χ0n) is 7.37. The van der Waals surface area contributed by atoms with E-state index < -0.39 is 0 Å². The molecule has 1 aliphatic heterocycles. The van der Waals surface area contributed by atoms with Crippen LogP contribution in [0.25, 0.3) is 0 Å². The van der Waals surface area contributed by atoms with Crippen LogP contribution in [0.15, 0.2) is 16.6 Å². The van der Waals surface area contributed by atoms with E-state index >= 15 is 0 Å². The lowest BCUT2D eigenvalue weighted by atomic mass is 10.2. The van der Waals surface area contributed by atoms with Gasteiger partial charge in [-0.3, -0.25) is 4.79 Å². The Morgan fingerprint density at radius 1 is 1.57 bits per heavy atom. The number of rotatable bonds is 3. The maximum absolute atomic E-state index is 10.5. The number of carbonyl (C=O) groups excluding carboxylic acids is 1. The second kappa shape index (κ2) is 4.06. The van der Waals surface area contributed by atoms with Crippen molar-refractivity contribution in [1.82, 2.24) is 10.3 Å². The van der Waals surface area contributed by atoms with Crippen LogP contribution in [-0.2, 0) is 0 Å². The zero-order chi connectivity index (χ0) is 9.97. The summed E-state index contributed by atoms with van der Waals surface area (Å²) in [4.78, 5) is 14.5. The molecule has 1 aliphatic rings. The Morgan fingerprint density at radius 3 is 2.93 bits per heavy atom. The highest BCUT2D eigenvalue weighted by atomic mass is 79.9. The monoisotopic (exact) mass is 256 g/mol. The van der Waals surface area contributed by atoms with E-state index in [4.69, 9.17) is 4.74 Å². The summed E-state index contributed by atoms with van der Waals surface area (Å²) in [6.45, 7) is 1.67. The van der Waals surface area contributed by atoms with Crippen molar-refractivity contribution < 1.29 is 9.53 Å². The molecule has 0 aliphatic carbocycles. The molecule has 74 valence electrons. The maximum atomic E-state index is 10.5. The first-order valence-corrected chi connectivity index (χ1v) is 5.08. The lowest BCUT2D eigenvalue weighted by Gasteiger charge is -2.27. The van der Waals surface area contributed by atoms with Crippen LogP contribution < -0.4 is 10.1 Å². The Morgan fingerprint density at radius 2 is 2.36 bits per heavy atom. The first-order chi connectivity index (χ1) is 6.79. The number of pyridine rings is 1. The number of nitrogens with zero attached hydrogens (tertiary/aromatic N) is 1. The Labute approximate surface area is 89.8 Å². The van der Waals surface area contributed by atoms with Crippen LogP contribution in [0.4, 0.5) is 0 Å². The topological polar surface area (TPSA) is 51.2 Å². The molecule has 1 aromatic rings. The van der Waals surface area contributed by atoms with E-state index in [1.165, 1.54) is 0 Å². The van der Waals surface area contributed by atoms with Crippen molar-refractivity contribution in [2.24, 2.45) is 0 Å². The minimum Gasteiger partial charge on any atom is -0.471 e. The second-order valence-corrected chi connectivity index (χ2v) is 3.89. The molecule has 1 saturated heterocycles. The summed E-state index contributed by atoms with van der Waals surface area (Å²) in [5, 5.41) is 3.09. The molecule has 4 nitrogen and oxygen atoms in total. The largest absolute Gasteiger partial charge is 0.471 e. The molecular formula is C9H9BrN2O2. The summed E-state index contributed by atoms with van der Waals surface area (Å²) in [7, 11) is 0. The lowest BCUT2D eigenvalue weighted by molar-refractivity contribution is 0.111. The molecule has 1 aromatic heterocycles. The molecule has 2 rings (SSSR count). The molecule has 5 heteroatoms. The molecule has 14 heavy (non-hydrogen) atoms. The van der Waals surface area contributed by atoms with Gasteiger partial charge in [-0.05, 0) is 28.1 Å². The third-order valence-corrected chi connectivity index (χ3v) is 2.58. The molecule has 1 N–H and O–H groups in total. The standard InChI is InChI=1S/C9H9BrN2O2/c10-8-2-1-6(5-13)12-9(8)14-7-3-11-4-7/h1-2,5,7,11H,3-4H2. The third-order valence-electron chi connectivity index (χ3n) is 1.98. The number of hydrogen-bond donors (Lipinski definition) is 1. The molecule has 0 unspecified atom stereocenters. The molecule has 0 aromatic carbocycles. The van der Waals surface area contributed by atoms with E-state index in [1.54, 1.807) is 12.1 Å². The summed E-state index contributed by atoms with van der Waals surface area (Å²) in [6.07, 6.45) is 0.874. The van der Waals surface area contributed by atoms with Gasteiger partial charge in [0, 0.05) is 13.1 Å². The first-order valence-electron chi connectivity index (χ1n) is 4.28. The van der Waals surface area contributed by atoms with Gasteiger partial charge in [0.1, 0.15) is 11.8 Å². The summed E-state index contributed by atoms with van der Waals surface area (Å²) in [6, 6.07) is 3.40. The molecule has 0 radical (unpaired) electrons. The van der Waals surface area contributed by atoms with Crippen LogP contribution in [0.3, 0.4) is 0 Å². The molecule has 0 spiro atoms. The average molecular weight is 257 g/mol. The normalized spacial score (nSPS) is 16.1. The Balaban J connectivity index is 2.16. The fourth-order valence-corrected chi connectivity index (χ4v) is 1.40. The molecule has 0 saturated carbocycles. The van der Waals surface area contributed by atoms with Crippen molar-refractivity contribution in [2.45, 2.75) is 6.10 Å². The van der Waals surface area contributed by atoms with Gasteiger partial charge in [-0.15, -0.1) is 0 Å². The predicted molar refractivity (Wildman–Crippen MR) is 54.6 cm³/mol. The Kier molecular flexibility index (Phi) is 2.79. The smallest absolute Gasteiger partial charge is 0.229 e. The summed E-state index contributed by atoms with van der Waals surface area (Å²) < 4.78 is 6.32. The summed E-state index contributed by atoms with van der Waals surface area (Å²) in [5.74, 6) is 0.487. The van der Waals surface area contributed by atoms with Crippen LogP contribution in [0.5, 0.6) is 5.88 Å². The summed E-state index contributed by atoms with van der Waals surface area (Å²) in [5.41, 5.74) is 0.385. The molecule has 0 atom stereocenters. The SMILES string of the molecule is O=Cc1ccc(Br)c(OC2CNC2)n1. The number of ether oxygens (including phenoxy) is 1. The van der Waals surface area contributed by atoms with Crippen molar-refractivity contribution in [3.63, 3.8) is 0 Å². The van der Waals surface area contributed by atoms with E-state index in [2.05, 4.69) is 26.2 Å². The quantitative estimate of drug-likeness (QED) is 0.821. The molecule has 2 heterocycles. The van der Waals surface area contributed by atoms with Crippen molar-refractivity contribution in [3.8, 4) is 5.88 Å². The molecule has 1 fully saturated rings. The van der Waals surface area contributed by atoms with E-state index in [0.29, 0.717) is 17.9 Å². The minimum absolute atomic E-state index is 0.167. The molecular weight excluding hydrogens is 248 g/mol. The fourth-order valence-electron chi connectivity index (χ4n) is 1.09. The number of aldehydes is 1. The summed E-state index contributed by atoms with van der Waals surface area (Å²) >= 11 is 3.32. The zero-order valence-corrected chi connectivity index (χ0v) is 8.95.